The first-order valence-electron chi connectivity index (χ1n) is 7.05. The molecule has 0 fully saturated rings. The summed E-state index contributed by atoms with van der Waals surface area (Å²) in [6, 6.07) is 2.15. The van der Waals surface area contributed by atoms with Crippen molar-refractivity contribution in [3.63, 3.8) is 0 Å². The van der Waals surface area contributed by atoms with Crippen molar-refractivity contribution in [2.75, 3.05) is 13.6 Å². The summed E-state index contributed by atoms with van der Waals surface area (Å²) in [4.78, 5) is 2.31. The van der Waals surface area contributed by atoms with E-state index in [0.29, 0.717) is 5.41 Å². The monoisotopic (exact) mass is 266 g/mol. The van der Waals surface area contributed by atoms with Gasteiger partial charge in [-0.25, -0.2) is 0 Å². The first-order chi connectivity index (χ1) is 8.55. The molecule has 0 bridgehead atoms. The molecular weight excluding hydrogens is 236 g/mol. The third kappa shape index (κ3) is 7.38. The van der Waals surface area contributed by atoms with Crippen LogP contribution < -0.4 is 5.32 Å². The molecule has 1 heterocycles. The Kier molecular flexibility index (Phi) is 5.22. The number of furan rings is 1. The van der Waals surface area contributed by atoms with E-state index < -0.39 is 0 Å². The molecule has 0 atom stereocenters. The van der Waals surface area contributed by atoms with Crippen molar-refractivity contribution in [2.24, 2.45) is 5.41 Å². The van der Waals surface area contributed by atoms with Crippen LogP contribution in [0.25, 0.3) is 0 Å². The second-order valence-electron chi connectivity index (χ2n) is 7.76. The Bertz CT molecular complexity index is 382. The van der Waals surface area contributed by atoms with Crippen LogP contribution >= 0.6 is 0 Å². The van der Waals surface area contributed by atoms with E-state index in [1.54, 1.807) is 0 Å². The number of nitrogens with zero attached hydrogens (tertiary/aromatic N) is 1. The van der Waals surface area contributed by atoms with Crippen molar-refractivity contribution >= 4 is 0 Å². The fraction of sp³-hybridized carbons (Fsp3) is 0.750. The zero-order valence-electron chi connectivity index (χ0n) is 13.6. The first kappa shape index (κ1) is 16.3. The SMILES string of the molecule is CN(Cc1cc(CNC(C)(C)C)co1)CC(C)(C)C. The molecule has 19 heavy (non-hydrogen) atoms. The molecule has 3 heteroatoms. The van der Waals surface area contributed by atoms with Gasteiger partial charge in [0.05, 0.1) is 12.8 Å². The van der Waals surface area contributed by atoms with Crippen molar-refractivity contribution in [3.8, 4) is 0 Å². The Morgan fingerprint density at radius 1 is 1.16 bits per heavy atom. The van der Waals surface area contributed by atoms with Crippen LogP contribution in [0.5, 0.6) is 0 Å². The van der Waals surface area contributed by atoms with Crippen LogP contribution in [0.15, 0.2) is 16.7 Å². The van der Waals surface area contributed by atoms with Gasteiger partial charge in [-0.1, -0.05) is 20.8 Å². The van der Waals surface area contributed by atoms with Gasteiger partial charge < -0.3 is 9.73 Å². The van der Waals surface area contributed by atoms with E-state index in [2.05, 4.69) is 64.9 Å². The lowest BCUT2D eigenvalue weighted by molar-refractivity contribution is 0.208. The second kappa shape index (κ2) is 6.10. The Balaban J connectivity index is 2.46. The molecule has 3 nitrogen and oxygen atoms in total. The van der Waals surface area contributed by atoms with Crippen molar-refractivity contribution in [1.29, 1.82) is 0 Å². The lowest BCUT2D eigenvalue weighted by atomic mass is 9.96. The van der Waals surface area contributed by atoms with E-state index in [-0.39, 0.29) is 5.54 Å². The van der Waals surface area contributed by atoms with E-state index in [1.807, 2.05) is 6.26 Å². The van der Waals surface area contributed by atoms with Crippen molar-refractivity contribution in [1.82, 2.24) is 10.2 Å². The van der Waals surface area contributed by atoms with Gasteiger partial charge in [-0.05, 0) is 39.3 Å². The van der Waals surface area contributed by atoms with E-state index in [1.165, 1.54) is 5.56 Å². The highest BCUT2D eigenvalue weighted by molar-refractivity contribution is 5.13. The van der Waals surface area contributed by atoms with Crippen LogP contribution in [0.3, 0.4) is 0 Å². The molecule has 1 rings (SSSR count). The Labute approximate surface area is 118 Å². The van der Waals surface area contributed by atoms with Gasteiger partial charge in [0.2, 0.25) is 0 Å². The molecule has 0 aliphatic rings. The van der Waals surface area contributed by atoms with Crippen LogP contribution in [-0.2, 0) is 13.1 Å². The summed E-state index contributed by atoms with van der Waals surface area (Å²) in [5.74, 6) is 1.04. The van der Waals surface area contributed by atoms with Crippen molar-refractivity contribution < 1.29 is 4.42 Å². The summed E-state index contributed by atoms with van der Waals surface area (Å²) in [6.45, 7) is 16.1. The van der Waals surface area contributed by atoms with Gasteiger partial charge in [0.1, 0.15) is 5.76 Å². The summed E-state index contributed by atoms with van der Waals surface area (Å²) >= 11 is 0. The number of hydrogen-bond acceptors (Lipinski definition) is 3. The maximum Gasteiger partial charge on any atom is 0.118 e. The largest absolute Gasteiger partial charge is 0.468 e. The quantitative estimate of drug-likeness (QED) is 0.882. The zero-order chi connectivity index (χ0) is 14.7. The maximum atomic E-state index is 5.63. The molecule has 0 unspecified atom stereocenters. The van der Waals surface area contributed by atoms with E-state index in [4.69, 9.17) is 4.42 Å². The molecule has 0 radical (unpaired) electrons. The minimum Gasteiger partial charge on any atom is -0.468 e. The fourth-order valence-corrected chi connectivity index (χ4v) is 2.10. The molecule has 0 aromatic carbocycles. The van der Waals surface area contributed by atoms with Gasteiger partial charge in [-0.15, -0.1) is 0 Å². The highest BCUT2D eigenvalue weighted by atomic mass is 16.3. The minimum atomic E-state index is 0.139. The lowest BCUT2D eigenvalue weighted by Gasteiger charge is -2.25. The zero-order valence-corrected chi connectivity index (χ0v) is 13.6. The highest BCUT2D eigenvalue weighted by Gasteiger charge is 2.15. The third-order valence-corrected chi connectivity index (χ3v) is 2.70. The van der Waals surface area contributed by atoms with E-state index in [0.717, 1.165) is 25.4 Å². The number of hydrogen-bond donors (Lipinski definition) is 1. The van der Waals surface area contributed by atoms with E-state index in [9.17, 15) is 0 Å². The van der Waals surface area contributed by atoms with Gasteiger partial charge in [0, 0.05) is 24.2 Å². The molecule has 0 aliphatic carbocycles. The highest BCUT2D eigenvalue weighted by Crippen LogP contribution is 2.17. The fourth-order valence-electron chi connectivity index (χ4n) is 2.10. The molecule has 1 N–H and O–H groups in total. The molecule has 1 aromatic heterocycles. The number of nitrogens with one attached hydrogen (secondary N) is 1. The smallest absolute Gasteiger partial charge is 0.118 e. The number of rotatable bonds is 5. The van der Waals surface area contributed by atoms with Crippen LogP contribution in [0, 0.1) is 5.41 Å². The third-order valence-electron chi connectivity index (χ3n) is 2.70. The maximum absolute atomic E-state index is 5.63. The van der Waals surface area contributed by atoms with Gasteiger partial charge in [0.25, 0.3) is 0 Å². The molecular formula is C16H30N2O. The van der Waals surface area contributed by atoms with Gasteiger partial charge in [-0.2, -0.15) is 0 Å². The molecule has 1 aromatic rings. The first-order valence-corrected chi connectivity index (χ1v) is 7.05. The molecule has 0 amide bonds. The standard InChI is InChI=1S/C16H30N2O/c1-15(2,3)12-18(7)10-14-8-13(11-19-14)9-17-16(4,5)6/h8,11,17H,9-10,12H2,1-7H3. The summed E-state index contributed by atoms with van der Waals surface area (Å²) < 4.78 is 5.63. The topological polar surface area (TPSA) is 28.4 Å². The molecule has 0 saturated carbocycles. The summed E-state index contributed by atoms with van der Waals surface area (Å²) in [6.07, 6.45) is 1.86. The van der Waals surface area contributed by atoms with Crippen molar-refractivity contribution in [3.05, 3.63) is 23.7 Å². The Morgan fingerprint density at radius 3 is 2.32 bits per heavy atom. The normalized spacial score (nSPS) is 13.3. The molecule has 110 valence electrons. The predicted molar refractivity (Wildman–Crippen MR) is 81.1 cm³/mol. The van der Waals surface area contributed by atoms with Gasteiger partial charge in [-0.3, -0.25) is 4.90 Å². The second-order valence-corrected chi connectivity index (χ2v) is 7.76. The van der Waals surface area contributed by atoms with Crippen LogP contribution in [0.4, 0.5) is 0 Å². The van der Waals surface area contributed by atoms with E-state index >= 15 is 0 Å². The van der Waals surface area contributed by atoms with Crippen LogP contribution in [0.2, 0.25) is 0 Å². The van der Waals surface area contributed by atoms with Crippen LogP contribution in [0.1, 0.15) is 52.9 Å². The summed E-state index contributed by atoms with van der Waals surface area (Å²) in [5, 5.41) is 3.47. The minimum absolute atomic E-state index is 0.139. The molecule has 0 saturated heterocycles. The lowest BCUT2D eigenvalue weighted by Crippen LogP contribution is -2.34. The molecule has 0 spiro atoms. The summed E-state index contributed by atoms with van der Waals surface area (Å²) in [7, 11) is 2.14. The van der Waals surface area contributed by atoms with Crippen LogP contribution in [-0.4, -0.2) is 24.0 Å². The summed E-state index contributed by atoms with van der Waals surface area (Å²) in [5.41, 5.74) is 1.67. The van der Waals surface area contributed by atoms with Gasteiger partial charge in [0.15, 0.2) is 0 Å². The average molecular weight is 266 g/mol. The Morgan fingerprint density at radius 2 is 1.79 bits per heavy atom. The average Bonchev–Trinajstić information content (AvgIpc) is 2.58. The predicted octanol–water partition coefficient (Wildman–Crippen LogP) is 3.65. The van der Waals surface area contributed by atoms with Crippen molar-refractivity contribution in [2.45, 2.75) is 60.2 Å². The molecule has 0 aliphatic heterocycles. The Hall–Kier alpha value is -0.800. The van der Waals surface area contributed by atoms with Gasteiger partial charge >= 0.3 is 0 Å².